The van der Waals surface area contributed by atoms with Crippen LogP contribution in [0.5, 0.6) is 5.75 Å². The summed E-state index contributed by atoms with van der Waals surface area (Å²) in [7, 11) is -3.49. The minimum Gasteiger partial charge on any atom is -0.505 e. The largest absolute Gasteiger partial charge is 0.505 e. The van der Waals surface area contributed by atoms with E-state index in [0.29, 0.717) is 17.5 Å². The Balaban J connectivity index is 1.68. The molecule has 2 heterocycles. The van der Waals surface area contributed by atoms with Crippen LogP contribution in [0.2, 0.25) is 0 Å². The number of sulfonamides is 1. The number of aromatic nitrogens is 1. The molecule has 3 N–H and O–H groups in total. The number of aromatic hydroxyl groups is 1. The summed E-state index contributed by atoms with van der Waals surface area (Å²) in [5, 5.41) is 20.9. The molecule has 1 aromatic heterocycles. The standard InChI is InChI=1S/C20H20BrN3O6S/c21-16-3-1-13(2-4-16)12-31(29,30)24-7-5-14(6-8-24)15-9-17(25)19(22-10-15)20(28)23-11-18(26)27/h1-5,9-10,25H,6-8,11-12H2,(H,23,28)(H,26,27). The summed E-state index contributed by atoms with van der Waals surface area (Å²) in [5.41, 5.74) is 1.79. The summed E-state index contributed by atoms with van der Waals surface area (Å²) in [5.74, 6) is -2.48. The second kappa shape index (κ2) is 9.58. The Morgan fingerprint density at radius 2 is 1.94 bits per heavy atom. The van der Waals surface area contributed by atoms with Gasteiger partial charge in [-0.3, -0.25) is 9.59 Å². The Morgan fingerprint density at radius 3 is 2.52 bits per heavy atom. The van der Waals surface area contributed by atoms with Gasteiger partial charge in [0.05, 0.1) is 5.75 Å². The van der Waals surface area contributed by atoms with E-state index in [2.05, 4.69) is 26.2 Å². The van der Waals surface area contributed by atoms with E-state index in [-0.39, 0.29) is 30.3 Å². The molecule has 0 spiro atoms. The maximum absolute atomic E-state index is 12.7. The number of nitrogens with one attached hydrogen (secondary N) is 1. The number of carboxylic acid groups (broad SMARTS) is 1. The number of aliphatic carboxylic acids is 1. The lowest BCUT2D eigenvalue weighted by atomic mass is 10.0. The zero-order valence-corrected chi connectivity index (χ0v) is 18.7. The third-order valence-electron chi connectivity index (χ3n) is 4.68. The maximum atomic E-state index is 12.7. The summed E-state index contributed by atoms with van der Waals surface area (Å²) >= 11 is 3.32. The smallest absolute Gasteiger partial charge is 0.322 e. The fourth-order valence-electron chi connectivity index (χ4n) is 3.09. The van der Waals surface area contributed by atoms with Crippen molar-refractivity contribution in [2.45, 2.75) is 12.2 Å². The molecule has 0 unspecified atom stereocenters. The van der Waals surface area contributed by atoms with Gasteiger partial charge in [0.25, 0.3) is 5.91 Å². The molecule has 0 bridgehead atoms. The molecule has 164 valence electrons. The number of amides is 1. The van der Waals surface area contributed by atoms with E-state index in [0.717, 1.165) is 10.0 Å². The van der Waals surface area contributed by atoms with Crippen LogP contribution in [-0.4, -0.2) is 59.4 Å². The first-order chi connectivity index (χ1) is 14.7. The highest BCUT2D eigenvalue weighted by atomic mass is 79.9. The molecule has 11 heteroatoms. The Morgan fingerprint density at radius 1 is 1.23 bits per heavy atom. The van der Waals surface area contributed by atoms with Crippen LogP contribution in [0, 0.1) is 0 Å². The summed E-state index contributed by atoms with van der Waals surface area (Å²) in [6.07, 6.45) is 3.57. The molecular formula is C20H20BrN3O6S. The summed E-state index contributed by atoms with van der Waals surface area (Å²) in [6, 6.07) is 8.47. The zero-order valence-electron chi connectivity index (χ0n) is 16.3. The van der Waals surface area contributed by atoms with Crippen molar-refractivity contribution < 1.29 is 28.2 Å². The molecule has 0 atom stereocenters. The van der Waals surface area contributed by atoms with Crippen molar-refractivity contribution in [3.63, 3.8) is 0 Å². The molecule has 9 nitrogen and oxygen atoms in total. The van der Waals surface area contributed by atoms with Crippen LogP contribution in [-0.2, 0) is 20.6 Å². The van der Waals surface area contributed by atoms with Gasteiger partial charge in [0.2, 0.25) is 10.0 Å². The highest BCUT2D eigenvalue weighted by Gasteiger charge is 2.25. The van der Waals surface area contributed by atoms with Gasteiger partial charge in [0.1, 0.15) is 12.3 Å². The minimum atomic E-state index is -3.49. The second-order valence-electron chi connectivity index (χ2n) is 6.89. The molecular weight excluding hydrogens is 490 g/mol. The monoisotopic (exact) mass is 509 g/mol. The number of carboxylic acids is 1. The number of carbonyl (C=O) groups is 2. The number of carbonyl (C=O) groups excluding carboxylic acids is 1. The first-order valence-electron chi connectivity index (χ1n) is 9.26. The molecule has 0 fully saturated rings. The number of hydrogen-bond donors (Lipinski definition) is 3. The van der Waals surface area contributed by atoms with Crippen molar-refractivity contribution in [2.24, 2.45) is 0 Å². The third kappa shape index (κ3) is 5.90. The van der Waals surface area contributed by atoms with Crippen molar-refractivity contribution in [3.05, 3.63) is 63.9 Å². The van der Waals surface area contributed by atoms with Gasteiger partial charge in [0.15, 0.2) is 5.69 Å². The highest BCUT2D eigenvalue weighted by molar-refractivity contribution is 9.10. The SMILES string of the molecule is O=C(O)CNC(=O)c1ncc(C2=CCN(S(=O)(=O)Cc3ccc(Br)cc3)CC2)cc1O. The molecule has 2 aromatic rings. The van der Waals surface area contributed by atoms with Crippen molar-refractivity contribution in [2.75, 3.05) is 19.6 Å². The number of benzene rings is 1. The van der Waals surface area contributed by atoms with E-state index >= 15 is 0 Å². The van der Waals surface area contributed by atoms with Crippen LogP contribution in [0.25, 0.3) is 5.57 Å². The molecule has 0 radical (unpaired) electrons. The third-order valence-corrected chi connectivity index (χ3v) is 7.03. The van der Waals surface area contributed by atoms with Crippen LogP contribution in [0.3, 0.4) is 0 Å². The fraction of sp³-hybridized carbons (Fsp3) is 0.250. The molecule has 1 amide bonds. The molecule has 1 aliphatic rings. The first-order valence-corrected chi connectivity index (χ1v) is 11.7. The topological polar surface area (TPSA) is 137 Å². The molecule has 31 heavy (non-hydrogen) atoms. The van der Waals surface area contributed by atoms with Gasteiger partial charge in [-0.1, -0.05) is 34.1 Å². The van der Waals surface area contributed by atoms with Crippen LogP contribution >= 0.6 is 15.9 Å². The van der Waals surface area contributed by atoms with Crippen molar-refractivity contribution >= 4 is 43.4 Å². The minimum absolute atomic E-state index is 0.0913. The van der Waals surface area contributed by atoms with Gasteiger partial charge in [-0.2, -0.15) is 4.31 Å². The number of halogens is 1. The number of pyridine rings is 1. The predicted molar refractivity (Wildman–Crippen MR) is 117 cm³/mol. The van der Waals surface area contributed by atoms with Gasteiger partial charge in [-0.15, -0.1) is 0 Å². The number of nitrogens with zero attached hydrogens (tertiary/aromatic N) is 2. The highest BCUT2D eigenvalue weighted by Crippen LogP contribution is 2.27. The van der Waals surface area contributed by atoms with E-state index in [1.54, 1.807) is 30.3 Å². The van der Waals surface area contributed by atoms with Crippen molar-refractivity contribution in [1.29, 1.82) is 0 Å². The maximum Gasteiger partial charge on any atom is 0.322 e. The van der Waals surface area contributed by atoms with E-state index in [9.17, 15) is 23.1 Å². The van der Waals surface area contributed by atoms with Crippen LogP contribution in [0.15, 0.2) is 47.1 Å². The zero-order chi connectivity index (χ0) is 22.6. The molecule has 1 aliphatic heterocycles. The Kier molecular flexibility index (Phi) is 7.08. The molecule has 1 aromatic carbocycles. The van der Waals surface area contributed by atoms with Crippen molar-refractivity contribution in [3.8, 4) is 5.75 Å². The first kappa shape index (κ1) is 22.9. The fourth-order valence-corrected chi connectivity index (χ4v) is 4.82. The van der Waals surface area contributed by atoms with Gasteiger partial charge >= 0.3 is 5.97 Å². The Bertz CT molecular complexity index is 1130. The lowest BCUT2D eigenvalue weighted by Crippen LogP contribution is -2.35. The average molecular weight is 510 g/mol. The van der Waals surface area contributed by atoms with E-state index < -0.39 is 28.4 Å². The summed E-state index contributed by atoms with van der Waals surface area (Å²) in [4.78, 5) is 26.4. The Hall–Kier alpha value is -2.76. The summed E-state index contributed by atoms with van der Waals surface area (Å²) in [6.45, 7) is -0.112. The molecule has 0 aliphatic carbocycles. The molecule has 0 saturated heterocycles. The number of rotatable bonds is 7. The predicted octanol–water partition coefficient (Wildman–Crippen LogP) is 1.98. The molecule has 0 saturated carbocycles. The number of hydrogen-bond acceptors (Lipinski definition) is 6. The Labute approximate surface area is 187 Å². The van der Waals surface area contributed by atoms with E-state index in [1.165, 1.54) is 16.6 Å². The van der Waals surface area contributed by atoms with E-state index in [4.69, 9.17) is 5.11 Å². The van der Waals surface area contributed by atoms with Crippen LogP contribution in [0.1, 0.15) is 28.0 Å². The quantitative estimate of drug-likeness (QED) is 0.518. The van der Waals surface area contributed by atoms with E-state index in [1.807, 2.05) is 0 Å². The molecule has 3 rings (SSSR count). The van der Waals surface area contributed by atoms with Crippen LogP contribution < -0.4 is 5.32 Å². The van der Waals surface area contributed by atoms with Gasteiger partial charge < -0.3 is 15.5 Å². The van der Waals surface area contributed by atoms with Gasteiger partial charge in [0, 0.05) is 23.8 Å². The second-order valence-corrected chi connectivity index (χ2v) is 9.77. The van der Waals surface area contributed by atoms with Gasteiger partial charge in [-0.25, -0.2) is 13.4 Å². The average Bonchev–Trinajstić information content (AvgIpc) is 2.73. The lowest BCUT2D eigenvalue weighted by Gasteiger charge is -2.26. The normalized spacial score (nSPS) is 14.7. The van der Waals surface area contributed by atoms with Gasteiger partial charge in [-0.05, 0) is 41.3 Å². The lowest BCUT2D eigenvalue weighted by molar-refractivity contribution is -0.135. The van der Waals surface area contributed by atoms with Crippen molar-refractivity contribution in [1.82, 2.24) is 14.6 Å². The summed E-state index contributed by atoms with van der Waals surface area (Å²) < 4.78 is 27.7. The van der Waals surface area contributed by atoms with Crippen LogP contribution in [0.4, 0.5) is 0 Å².